The molecule has 2 rings (SSSR count). The minimum atomic E-state index is -0.273. The summed E-state index contributed by atoms with van der Waals surface area (Å²) in [5.74, 6) is 0.119. The number of pyridine rings is 1. The van der Waals surface area contributed by atoms with Crippen LogP contribution in [0.4, 0.5) is 4.79 Å². The molecule has 2 heterocycles. The number of carbonyl (C=O) groups is 2. The zero-order valence-electron chi connectivity index (χ0n) is 14.0. The summed E-state index contributed by atoms with van der Waals surface area (Å²) in [7, 11) is 1.63. The van der Waals surface area contributed by atoms with E-state index in [-0.39, 0.29) is 23.1 Å². The molecule has 0 spiro atoms. The third kappa shape index (κ3) is 4.47. The Morgan fingerprint density at radius 2 is 2.04 bits per heavy atom. The van der Waals surface area contributed by atoms with Crippen LogP contribution in [0.25, 0.3) is 0 Å². The number of nitrogens with one attached hydrogen (secondary N) is 2. The summed E-state index contributed by atoms with van der Waals surface area (Å²) in [5, 5.41) is 5.49. The molecule has 0 radical (unpaired) electrons. The Labute approximate surface area is 141 Å². The largest absolute Gasteiger partial charge is 0.338 e. The summed E-state index contributed by atoms with van der Waals surface area (Å²) in [5.41, 5.74) is -0.0643. The van der Waals surface area contributed by atoms with Gasteiger partial charge in [-0.3, -0.25) is 9.59 Å². The van der Waals surface area contributed by atoms with Gasteiger partial charge in [-0.1, -0.05) is 6.08 Å². The van der Waals surface area contributed by atoms with Gasteiger partial charge in [-0.25, -0.2) is 4.79 Å². The quantitative estimate of drug-likeness (QED) is 0.780. The number of piperidine rings is 1. The zero-order valence-corrected chi connectivity index (χ0v) is 14.0. The number of aromatic nitrogens is 1. The highest BCUT2D eigenvalue weighted by Gasteiger charge is 2.25. The number of nitrogens with zero attached hydrogens (tertiary/aromatic N) is 2. The van der Waals surface area contributed by atoms with Crippen molar-refractivity contribution in [2.75, 3.05) is 26.2 Å². The van der Waals surface area contributed by atoms with Crippen LogP contribution in [-0.4, -0.2) is 47.6 Å². The van der Waals surface area contributed by atoms with Gasteiger partial charge in [0.15, 0.2) is 0 Å². The van der Waals surface area contributed by atoms with Gasteiger partial charge in [0.2, 0.25) is 0 Å². The monoisotopic (exact) mass is 332 g/mol. The number of hydrogen-bond acceptors (Lipinski definition) is 3. The maximum absolute atomic E-state index is 12.5. The molecule has 0 aliphatic carbocycles. The molecule has 24 heavy (non-hydrogen) atoms. The molecule has 0 atom stereocenters. The summed E-state index contributed by atoms with van der Waals surface area (Å²) in [6, 6.07) is 3.07. The fraction of sp³-hybridized carbons (Fsp3) is 0.471. The summed E-state index contributed by atoms with van der Waals surface area (Å²) in [6.07, 6.45) is 4.87. The van der Waals surface area contributed by atoms with Crippen LogP contribution in [0.5, 0.6) is 0 Å². The van der Waals surface area contributed by atoms with Gasteiger partial charge in [-0.15, -0.1) is 6.58 Å². The number of rotatable bonds is 5. The van der Waals surface area contributed by atoms with Crippen molar-refractivity contribution in [3.63, 3.8) is 0 Å². The van der Waals surface area contributed by atoms with Gasteiger partial charge in [0, 0.05) is 39.4 Å². The van der Waals surface area contributed by atoms with Crippen molar-refractivity contribution in [3.05, 3.63) is 46.9 Å². The molecule has 0 aromatic carbocycles. The summed E-state index contributed by atoms with van der Waals surface area (Å²) < 4.78 is 1.41. The van der Waals surface area contributed by atoms with E-state index in [1.165, 1.54) is 4.57 Å². The standard InChI is InChI=1S/C17H24N4O3/c1-3-8-18-17(24)19-12-13-6-10-21(11-7-13)16(23)14-5-4-9-20(2)15(14)22/h3-5,9,13H,1,6-8,10-12H2,2H3,(H2,18,19,24). The van der Waals surface area contributed by atoms with E-state index < -0.39 is 0 Å². The van der Waals surface area contributed by atoms with Crippen LogP contribution in [0.3, 0.4) is 0 Å². The van der Waals surface area contributed by atoms with Crippen LogP contribution in [0, 0.1) is 5.92 Å². The average molecular weight is 332 g/mol. The highest BCUT2D eigenvalue weighted by atomic mass is 16.2. The van der Waals surface area contributed by atoms with E-state index in [4.69, 9.17) is 0 Å². The molecule has 1 aromatic rings. The van der Waals surface area contributed by atoms with Crippen molar-refractivity contribution < 1.29 is 9.59 Å². The summed E-state index contributed by atoms with van der Waals surface area (Å²) in [4.78, 5) is 37.7. The predicted molar refractivity (Wildman–Crippen MR) is 91.9 cm³/mol. The van der Waals surface area contributed by atoms with Gasteiger partial charge >= 0.3 is 6.03 Å². The van der Waals surface area contributed by atoms with E-state index in [2.05, 4.69) is 17.2 Å². The van der Waals surface area contributed by atoms with Gasteiger partial charge in [-0.05, 0) is 30.9 Å². The second kappa shape index (κ2) is 8.33. The summed E-state index contributed by atoms with van der Waals surface area (Å²) in [6.45, 7) is 5.75. The minimum Gasteiger partial charge on any atom is -0.338 e. The van der Waals surface area contributed by atoms with Crippen LogP contribution < -0.4 is 16.2 Å². The number of aryl methyl sites for hydroxylation is 1. The first-order valence-corrected chi connectivity index (χ1v) is 8.10. The number of amides is 3. The third-order valence-electron chi connectivity index (χ3n) is 4.21. The Kier molecular flexibility index (Phi) is 6.17. The van der Waals surface area contributed by atoms with E-state index in [0.29, 0.717) is 32.1 Å². The van der Waals surface area contributed by atoms with Crippen molar-refractivity contribution in [1.29, 1.82) is 0 Å². The van der Waals surface area contributed by atoms with Gasteiger partial charge in [0.05, 0.1) is 0 Å². The van der Waals surface area contributed by atoms with Gasteiger partial charge in [0.25, 0.3) is 11.5 Å². The van der Waals surface area contributed by atoms with E-state index in [0.717, 1.165) is 12.8 Å². The maximum Gasteiger partial charge on any atom is 0.315 e. The van der Waals surface area contributed by atoms with Crippen LogP contribution in [0.1, 0.15) is 23.2 Å². The molecule has 7 nitrogen and oxygen atoms in total. The Morgan fingerprint density at radius 1 is 1.33 bits per heavy atom. The molecule has 0 unspecified atom stereocenters. The van der Waals surface area contributed by atoms with Crippen molar-refractivity contribution >= 4 is 11.9 Å². The fourth-order valence-electron chi connectivity index (χ4n) is 2.74. The Bertz CT molecular complexity index is 660. The van der Waals surface area contributed by atoms with Crippen molar-refractivity contribution in [1.82, 2.24) is 20.1 Å². The van der Waals surface area contributed by atoms with Gasteiger partial charge < -0.3 is 20.1 Å². The molecular weight excluding hydrogens is 308 g/mol. The molecule has 2 N–H and O–H groups in total. The van der Waals surface area contributed by atoms with Crippen molar-refractivity contribution in [2.45, 2.75) is 12.8 Å². The average Bonchev–Trinajstić information content (AvgIpc) is 2.60. The molecule has 130 valence electrons. The van der Waals surface area contributed by atoms with E-state index in [9.17, 15) is 14.4 Å². The minimum absolute atomic E-state index is 0.207. The van der Waals surface area contributed by atoms with Crippen molar-refractivity contribution in [2.24, 2.45) is 13.0 Å². The van der Waals surface area contributed by atoms with Crippen LogP contribution in [0.2, 0.25) is 0 Å². The zero-order chi connectivity index (χ0) is 17.5. The Morgan fingerprint density at radius 3 is 2.71 bits per heavy atom. The predicted octanol–water partition coefficient (Wildman–Crippen LogP) is 0.723. The lowest BCUT2D eigenvalue weighted by atomic mass is 9.96. The molecule has 1 fully saturated rings. The highest BCUT2D eigenvalue weighted by molar-refractivity contribution is 5.93. The molecule has 1 aliphatic heterocycles. The SMILES string of the molecule is C=CCNC(=O)NCC1CCN(C(=O)c2cccn(C)c2=O)CC1. The first-order chi connectivity index (χ1) is 11.5. The highest BCUT2D eigenvalue weighted by Crippen LogP contribution is 2.17. The molecule has 3 amide bonds. The van der Waals surface area contributed by atoms with Crippen LogP contribution in [0.15, 0.2) is 35.8 Å². The molecule has 7 heteroatoms. The number of carbonyl (C=O) groups excluding carboxylic acids is 2. The Hall–Kier alpha value is -2.57. The maximum atomic E-state index is 12.5. The topological polar surface area (TPSA) is 83.4 Å². The molecule has 1 aliphatic rings. The van der Waals surface area contributed by atoms with Crippen LogP contribution >= 0.6 is 0 Å². The van der Waals surface area contributed by atoms with Gasteiger partial charge in [0.1, 0.15) is 5.56 Å². The van der Waals surface area contributed by atoms with Crippen molar-refractivity contribution in [3.8, 4) is 0 Å². The van der Waals surface area contributed by atoms with E-state index >= 15 is 0 Å². The molecule has 0 bridgehead atoms. The first-order valence-electron chi connectivity index (χ1n) is 8.10. The van der Waals surface area contributed by atoms with Gasteiger partial charge in [-0.2, -0.15) is 0 Å². The molecule has 1 aromatic heterocycles. The van der Waals surface area contributed by atoms with E-state index in [1.54, 1.807) is 36.4 Å². The number of likely N-dealkylation sites (tertiary alicyclic amines) is 1. The normalized spacial score (nSPS) is 15.0. The second-order valence-corrected chi connectivity index (χ2v) is 5.95. The third-order valence-corrected chi connectivity index (χ3v) is 4.21. The lowest BCUT2D eigenvalue weighted by Crippen LogP contribution is -2.44. The summed E-state index contributed by atoms with van der Waals surface area (Å²) >= 11 is 0. The molecular formula is C17H24N4O3. The Balaban J connectivity index is 1.83. The molecule has 1 saturated heterocycles. The fourth-order valence-corrected chi connectivity index (χ4v) is 2.74. The lowest BCUT2D eigenvalue weighted by Gasteiger charge is -2.32. The number of hydrogen-bond donors (Lipinski definition) is 2. The molecule has 0 saturated carbocycles. The lowest BCUT2D eigenvalue weighted by molar-refractivity contribution is 0.0688. The van der Waals surface area contributed by atoms with E-state index in [1.807, 2.05) is 0 Å². The first kappa shape index (κ1) is 17.8. The smallest absolute Gasteiger partial charge is 0.315 e. The second-order valence-electron chi connectivity index (χ2n) is 5.95. The number of urea groups is 1. The van der Waals surface area contributed by atoms with Crippen LogP contribution in [-0.2, 0) is 7.05 Å².